The number of carboxylic acid groups (broad SMARTS) is 1. The second kappa shape index (κ2) is 5.66. The van der Waals surface area contributed by atoms with Crippen LogP contribution in [0.15, 0.2) is 0 Å². The van der Waals surface area contributed by atoms with E-state index in [1.54, 1.807) is 14.0 Å². The van der Waals surface area contributed by atoms with E-state index < -0.39 is 12.0 Å². The third kappa shape index (κ3) is 4.59. The maximum absolute atomic E-state index is 11.2. The van der Waals surface area contributed by atoms with Gasteiger partial charge in [0.2, 0.25) is 0 Å². The summed E-state index contributed by atoms with van der Waals surface area (Å²) < 4.78 is 0. The highest BCUT2D eigenvalue weighted by atomic mass is 16.4. The number of ketones is 1. The molecule has 0 fully saturated rings. The Bertz CT molecular complexity index is 194. The second-order valence-electron chi connectivity index (χ2n) is 2.92. The summed E-state index contributed by atoms with van der Waals surface area (Å²) in [7, 11) is 1.68. The van der Waals surface area contributed by atoms with Crippen LogP contribution in [0.1, 0.15) is 13.8 Å². The molecular formula is C8H16N2O3. The molecule has 0 unspecified atom stereocenters. The predicted octanol–water partition coefficient (Wildman–Crippen LogP) is -0.774. The zero-order valence-electron chi connectivity index (χ0n) is 8.13. The van der Waals surface area contributed by atoms with Crippen molar-refractivity contribution in [3.63, 3.8) is 0 Å². The molecule has 5 heteroatoms. The molecule has 76 valence electrons. The molecule has 2 atom stereocenters. The molecule has 0 saturated carbocycles. The van der Waals surface area contributed by atoms with Gasteiger partial charge in [-0.25, -0.2) is 0 Å². The zero-order chi connectivity index (χ0) is 10.4. The second-order valence-corrected chi connectivity index (χ2v) is 2.92. The molecule has 0 amide bonds. The van der Waals surface area contributed by atoms with Gasteiger partial charge >= 0.3 is 5.97 Å². The van der Waals surface area contributed by atoms with Gasteiger partial charge in [0, 0.05) is 0 Å². The standard InChI is InChI=1S/C8H16N2O3/c1-5(9-3)7(11)4-10-6(2)8(12)13/h5-6,9-10H,4H2,1-3H3,(H,12,13)/t5-,6-/m0/s1. The molecule has 0 aromatic rings. The third-order valence-corrected chi connectivity index (χ3v) is 1.87. The lowest BCUT2D eigenvalue weighted by atomic mass is 10.2. The number of carboxylic acids is 1. The van der Waals surface area contributed by atoms with Gasteiger partial charge in [0.15, 0.2) is 5.78 Å². The van der Waals surface area contributed by atoms with Crippen LogP contribution < -0.4 is 10.6 Å². The van der Waals surface area contributed by atoms with E-state index >= 15 is 0 Å². The molecule has 0 bridgehead atoms. The number of carbonyl (C=O) groups is 2. The molecule has 0 aliphatic heterocycles. The fraction of sp³-hybridized carbons (Fsp3) is 0.750. The van der Waals surface area contributed by atoms with Gasteiger partial charge in [-0.3, -0.25) is 14.9 Å². The number of aliphatic carboxylic acids is 1. The smallest absolute Gasteiger partial charge is 0.320 e. The fourth-order valence-electron chi connectivity index (χ4n) is 0.655. The Morgan fingerprint density at radius 2 is 1.85 bits per heavy atom. The molecule has 0 spiro atoms. The van der Waals surface area contributed by atoms with Crippen LogP contribution in [0.2, 0.25) is 0 Å². The van der Waals surface area contributed by atoms with Crippen molar-refractivity contribution < 1.29 is 14.7 Å². The predicted molar refractivity (Wildman–Crippen MR) is 48.6 cm³/mol. The minimum Gasteiger partial charge on any atom is -0.480 e. The lowest BCUT2D eigenvalue weighted by Crippen LogP contribution is -2.42. The summed E-state index contributed by atoms with van der Waals surface area (Å²) in [6, 6.07) is -0.929. The number of carbonyl (C=O) groups excluding carboxylic acids is 1. The average molecular weight is 188 g/mol. The molecule has 0 heterocycles. The Labute approximate surface area is 77.5 Å². The summed E-state index contributed by atoms with van der Waals surface area (Å²) in [5, 5.41) is 13.9. The number of likely N-dealkylation sites (N-methyl/N-ethyl adjacent to an activating group) is 1. The van der Waals surface area contributed by atoms with Gasteiger partial charge in [-0.1, -0.05) is 0 Å². The van der Waals surface area contributed by atoms with Gasteiger partial charge in [0.05, 0.1) is 12.6 Å². The molecule has 0 saturated heterocycles. The quantitative estimate of drug-likeness (QED) is 0.510. The maximum atomic E-state index is 11.2. The van der Waals surface area contributed by atoms with Crippen molar-refractivity contribution in [2.75, 3.05) is 13.6 Å². The van der Waals surface area contributed by atoms with Crippen LogP contribution in [0.4, 0.5) is 0 Å². The first-order chi connectivity index (χ1) is 5.99. The van der Waals surface area contributed by atoms with Crippen molar-refractivity contribution in [2.24, 2.45) is 0 Å². The Morgan fingerprint density at radius 3 is 2.23 bits per heavy atom. The van der Waals surface area contributed by atoms with Crippen molar-refractivity contribution in [1.82, 2.24) is 10.6 Å². The molecule has 3 N–H and O–H groups in total. The summed E-state index contributed by atoms with van der Waals surface area (Å²) in [5.74, 6) is -1.000. The van der Waals surface area contributed by atoms with Crippen molar-refractivity contribution in [3.05, 3.63) is 0 Å². The first-order valence-electron chi connectivity index (χ1n) is 4.15. The summed E-state index contributed by atoms with van der Waals surface area (Å²) in [6.45, 7) is 3.31. The molecule has 0 aliphatic carbocycles. The number of Topliss-reactive ketones (excluding diaryl/α,β-unsaturated/α-hetero) is 1. The van der Waals surface area contributed by atoms with Crippen LogP contribution in [0, 0.1) is 0 Å². The number of hydrogen-bond acceptors (Lipinski definition) is 4. The van der Waals surface area contributed by atoms with E-state index in [4.69, 9.17) is 5.11 Å². The van der Waals surface area contributed by atoms with Gasteiger partial charge in [-0.05, 0) is 20.9 Å². The Kier molecular flexibility index (Phi) is 5.25. The SMILES string of the molecule is CN[C@@H](C)C(=O)CN[C@@H](C)C(=O)O. The van der Waals surface area contributed by atoms with Crippen molar-refractivity contribution in [3.8, 4) is 0 Å². The van der Waals surface area contributed by atoms with Crippen LogP contribution in [-0.2, 0) is 9.59 Å². The molecule has 13 heavy (non-hydrogen) atoms. The summed E-state index contributed by atoms with van der Waals surface area (Å²) in [5.41, 5.74) is 0. The Morgan fingerprint density at radius 1 is 1.31 bits per heavy atom. The van der Waals surface area contributed by atoms with Gasteiger partial charge in [0.25, 0.3) is 0 Å². The minimum absolute atomic E-state index is 0.0457. The monoisotopic (exact) mass is 188 g/mol. The maximum Gasteiger partial charge on any atom is 0.320 e. The number of rotatable bonds is 6. The fourth-order valence-corrected chi connectivity index (χ4v) is 0.655. The summed E-state index contributed by atoms with van der Waals surface area (Å²) >= 11 is 0. The zero-order valence-corrected chi connectivity index (χ0v) is 8.13. The average Bonchev–Trinajstić information content (AvgIpc) is 2.11. The van der Waals surface area contributed by atoms with Gasteiger partial charge < -0.3 is 10.4 Å². The van der Waals surface area contributed by atoms with E-state index in [9.17, 15) is 9.59 Å². The molecule has 0 aliphatic rings. The summed E-state index contributed by atoms with van der Waals surface area (Å²) in [4.78, 5) is 21.5. The van der Waals surface area contributed by atoms with Crippen molar-refractivity contribution >= 4 is 11.8 Å². The molecule has 0 aromatic heterocycles. The van der Waals surface area contributed by atoms with Crippen molar-refractivity contribution in [2.45, 2.75) is 25.9 Å². The van der Waals surface area contributed by atoms with Crippen LogP contribution in [-0.4, -0.2) is 42.5 Å². The van der Waals surface area contributed by atoms with E-state index in [-0.39, 0.29) is 18.4 Å². The van der Waals surface area contributed by atoms with Crippen LogP contribution in [0.5, 0.6) is 0 Å². The third-order valence-electron chi connectivity index (χ3n) is 1.87. The Balaban J connectivity index is 3.76. The van der Waals surface area contributed by atoms with E-state index in [1.807, 2.05) is 0 Å². The van der Waals surface area contributed by atoms with E-state index in [0.717, 1.165) is 0 Å². The highest BCUT2D eigenvalue weighted by Crippen LogP contribution is 1.85. The summed E-state index contributed by atoms with van der Waals surface area (Å²) in [6.07, 6.45) is 0. The Hall–Kier alpha value is -0.940. The number of nitrogens with one attached hydrogen (secondary N) is 2. The van der Waals surface area contributed by atoms with E-state index in [1.165, 1.54) is 6.92 Å². The molecular weight excluding hydrogens is 172 g/mol. The largest absolute Gasteiger partial charge is 0.480 e. The molecule has 0 rings (SSSR count). The lowest BCUT2D eigenvalue weighted by molar-refractivity contribution is -0.139. The minimum atomic E-state index is -0.954. The van der Waals surface area contributed by atoms with Gasteiger partial charge in [0.1, 0.15) is 6.04 Å². The lowest BCUT2D eigenvalue weighted by Gasteiger charge is -2.11. The molecule has 0 radical (unpaired) electrons. The van der Waals surface area contributed by atoms with Crippen molar-refractivity contribution in [1.29, 1.82) is 0 Å². The highest BCUT2D eigenvalue weighted by molar-refractivity contribution is 5.86. The molecule has 0 aromatic carbocycles. The number of hydrogen-bond donors (Lipinski definition) is 3. The topological polar surface area (TPSA) is 78.4 Å². The van der Waals surface area contributed by atoms with Gasteiger partial charge in [-0.2, -0.15) is 0 Å². The first-order valence-corrected chi connectivity index (χ1v) is 4.15. The van der Waals surface area contributed by atoms with Crippen LogP contribution in [0.25, 0.3) is 0 Å². The first kappa shape index (κ1) is 12.1. The van der Waals surface area contributed by atoms with E-state index in [2.05, 4.69) is 10.6 Å². The highest BCUT2D eigenvalue weighted by Gasteiger charge is 2.14. The normalized spacial score (nSPS) is 15.0. The van der Waals surface area contributed by atoms with Crippen LogP contribution >= 0.6 is 0 Å². The van der Waals surface area contributed by atoms with Gasteiger partial charge in [-0.15, -0.1) is 0 Å². The van der Waals surface area contributed by atoms with Crippen LogP contribution in [0.3, 0.4) is 0 Å². The van der Waals surface area contributed by atoms with E-state index in [0.29, 0.717) is 0 Å². The molecule has 5 nitrogen and oxygen atoms in total.